The van der Waals surface area contributed by atoms with Crippen molar-refractivity contribution in [1.82, 2.24) is 14.9 Å². The Morgan fingerprint density at radius 2 is 2.11 bits per heavy atom. The number of hydrogen-bond acceptors (Lipinski definition) is 5. The van der Waals surface area contributed by atoms with E-state index in [1.807, 2.05) is 13.0 Å². The standard InChI is InChI=1S/C14H23N5/c1-3-15-14-16-10(2)8-13(18-14)17-12-9-19-6-4-11(12)5-7-19/h8,11-12H,3-7,9H2,1-2H3,(H2,15,16,17,18). The molecule has 2 N–H and O–H groups in total. The molecule has 104 valence electrons. The summed E-state index contributed by atoms with van der Waals surface area (Å²) in [4.78, 5) is 11.5. The molecule has 0 saturated carbocycles. The molecule has 3 aliphatic rings. The monoisotopic (exact) mass is 261 g/mol. The van der Waals surface area contributed by atoms with Gasteiger partial charge in [0.15, 0.2) is 0 Å². The van der Waals surface area contributed by atoms with E-state index in [0.29, 0.717) is 6.04 Å². The number of rotatable bonds is 4. The summed E-state index contributed by atoms with van der Waals surface area (Å²) in [7, 11) is 0. The summed E-state index contributed by atoms with van der Waals surface area (Å²) < 4.78 is 0. The molecule has 0 radical (unpaired) electrons. The fourth-order valence-corrected chi connectivity index (χ4v) is 3.20. The van der Waals surface area contributed by atoms with E-state index in [-0.39, 0.29) is 0 Å². The van der Waals surface area contributed by atoms with Crippen LogP contribution in [-0.4, -0.2) is 47.1 Å². The average Bonchev–Trinajstić information content (AvgIpc) is 2.39. The molecule has 3 fully saturated rings. The highest BCUT2D eigenvalue weighted by Crippen LogP contribution is 2.29. The molecule has 1 unspecified atom stereocenters. The van der Waals surface area contributed by atoms with Crippen molar-refractivity contribution >= 4 is 11.8 Å². The van der Waals surface area contributed by atoms with E-state index in [9.17, 15) is 0 Å². The third-order valence-electron chi connectivity index (χ3n) is 4.18. The molecule has 4 heterocycles. The number of nitrogens with one attached hydrogen (secondary N) is 2. The second kappa shape index (κ2) is 5.33. The third kappa shape index (κ3) is 2.81. The summed E-state index contributed by atoms with van der Waals surface area (Å²) in [6.45, 7) is 8.63. The van der Waals surface area contributed by atoms with Gasteiger partial charge in [-0.15, -0.1) is 0 Å². The second-order valence-corrected chi connectivity index (χ2v) is 5.64. The van der Waals surface area contributed by atoms with Gasteiger partial charge in [-0.1, -0.05) is 0 Å². The Morgan fingerprint density at radius 3 is 2.74 bits per heavy atom. The molecule has 2 bridgehead atoms. The Kier molecular flexibility index (Phi) is 3.55. The second-order valence-electron chi connectivity index (χ2n) is 5.64. The minimum atomic E-state index is 0.547. The summed E-state index contributed by atoms with van der Waals surface area (Å²) in [5.41, 5.74) is 1.01. The maximum atomic E-state index is 4.55. The zero-order valence-electron chi connectivity index (χ0n) is 11.8. The van der Waals surface area contributed by atoms with Crippen LogP contribution in [0.3, 0.4) is 0 Å². The Bertz CT molecular complexity index is 439. The van der Waals surface area contributed by atoms with Crippen LogP contribution in [0.15, 0.2) is 6.07 Å². The lowest BCUT2D eigenvalue weighted by molar-refractivity contribution is 0.0974. The van der Waals surface area contributed by atoms with Crippen LogP contribution in [0.1, 0.15) is 25.5 Å². The van der Waals surface area contributed by atoms with Gasteiger partial charge in [-0.3, -0.25) is 0 Å². The first kappa shape index (κ1) is 12.7. The van der Waals surface area contributed by atoms with Crippen molar-refractivity contribution in [2.45, 2.75) is 32.7 Å². The number of nitrogens with zero attached hydrogens (tertiary/aromatic N) is 3. The quantitative estimate of drug-likeness (QED) is 0.864. The van der Waals surface area contributed by atoms with Gasteiger partial charge in [-0.25, -0.2) is 4.98 Å². The Hall–Kier alpha value is -1.36. The number of hydrogen-bond donors (Lipinski definition) is 2. The molecule has 0 aliphatic carbocycles. The van der Waals surface area contributed by atoms with E-state index in [0.717, 1.165) is 36.5 Å². The topological polar surface area (TPSA) is 53.1 Å². The van der Waals surface area contributed by atoms with Crippen molar-refractivity contribution in [2.75, 3.05) is 36.8 Å². The molecule has 1 atom stereocenters. The molecule has 3 saturated heterocycles. The molecular weight excluding hydrogens is 238 g/mol. The first-order valence-electron chi connectivity index (χ1n) is 7.33. The van der Waals surface area contributed by atoms with Gasteiger partial charge in [-0.2, -0.15) is 4.98 Å². The highest BCUT2D eigenvalue weighted by atomic mass is 15.2. The van der Waals surface area contributed by atoms with Crippen LogP contribution in [0, 0.1) is 12.8 Å². The van der Waals surface area contributed by atoms with Crippen molar-refractivity contribution in [1.29, 1.82) is 0 Å². The first-order chi connectivity index (χ1) is 9.24. The van der Waals surface area contributed by atoms with E-state index >= 15 is 0 Å². The summed E-state index contributed by atoms with van der Waals surface area (Å²) in [6.07, 6.45) is 2.64. The Morgan fingerprint density at radius 1 is 1.32 bits per heavy atom. The van der Waals surface area contributed by atoms with Gasteiger partial charge in [0.25, 0.3) is 0 Å². The lowest BCUT2D eigenvalue weighted by atomic mass is 9.84. The maximum Gasteiger partial charge on any atom is 0.224 e. The van der Waals surface area contributed by atoms with Gasteiger partial charge in [0.05, 0.1) is 0 Å². The lowest BCUT2D eigenvalue weighted by Crippen LogP contribution is -2.53. The minimum Gasteiger partial charge on any atom is -0.366 e. The molecule has 5 heteroatoms. The number of fused-ring (bicyclic) bond motifs is 3. The van der Waals surface area contributed by atoms with E-state index < -0.39 is 0 Å². The third-order valence-corrected chi connectivity index (χ3v) is 4.18. The van der Waals surface area contributed by atoms with Crippen LogP contribution in [-0.2, 0) is 0 Å². The van der Waals surface area contributed by atoms with Gasteiger partial charge in [-0.05, 0) is 45.7 Å². The van der Waals surface area contributed by atoms with Crippen molar-refractivity contribution in [2.24, 2.45) is 5.92 Å². The van der Waals surface area contributed by atoms with Crippen molar-refractivity contribution in [3.05, 3.63) is 11.8 Å². The molecule has 4 rings (SSSR count). The van der Waals surface area contributed by atoms with Gasteiger partial charge in [0.1, 0.15) is 5.82 Å². The number of piperidine rings is 3. The van der Waals surface area contributed by atoms with Crippen molar-refractivity contribution < 1.29 is 0 Å². The molecule has 1 aromatic rings. The SMILES string of the molecule is CCNc1nc(C)cc(NC2CN3CCC2CC3)n1. The maximum absolute atomic E-state index is 4.55. The molecule has 1 aromatic heterocycles. The van der Waals surface area contributed by atoms with Crippen LogP contribution in [0.4, 0.5) is 11.8 Å². The molecule has 19 heavy (non-hydrogen) atoms. The molecular formula is C14H23N5. The predicted molar refractivity (Wildman–Crippen MR) is 77.5 cm³/mol. The minimum absolute atomic E-state index is 0.547. The van der Waals surface area contributed by atoms with Crippen LogP contribution < -0.4 is 10.6 Å². The normalized spacial score (nSPS) is 29.3. The average molecular weight is 261 g/mol. The fraction of sp³-hybridized carbons (Fsp3) is 0.714. The smallest absolute Gasteiger partial charge is 0.224 e. The number of aromatic nitrogens is 2. The zero-order valence-corrected chi connectivity index (χ0v) is 11.8. The van der Waals surface area contributed by atoms with Crippen molar-refractivity contribution in [3.8, 4) is 0 Å². The first-order valence-corrected chi connectivity index (χ1v) is 7.33. The fourth-order valence-electron chi connectivity index (χ4n) is 3.20. The molecule has 0 spiro atoms. The molecule has 0 aromatic carbocycles. The number of aryl methyl sites for hydroxylation is 1. The van der Waals surface area contributed by atoms with E-state index in [4.69, 9.17) is 0 Å². The molecule has 5 nitrogen and oxygen atoms in total. The van der Waals surface area contributed by atoms with E-state index in [2.05, 4.69) is 32.4 Å². The van der Waals surface area contributed by atoms with Gasteiger partial charge in [0, 0.05) is 30.9 Å². The van der Waals surface area contributed by atoms with Crippen LogP contribution >= 0.6 is 0 Å². The van der Waals surface area contributed by atoms with E-state index in [1.165, 1.54) is 25.9 Å². The molecule has 3 aliphatic heterocycles. The largest absolute Gasteiger partial charge is 0.366 e. The van der Waals surface area contributed by atoms with Crippen LogP contribution in [0.5, 0.6) is 0 Å². The summed E-state index contributed by atoms with van der Waals surface area (Å²) >= 11 is 0. The summed E-state index contributed by atoms with van der Waals surface area (Å²) in [6, 6.07) is 2.59. The van der Waals surface area contributed by atoms with Crippen LogP contribution in [0.25, 0.3) is 0 Å². The zero-order chi connectivity index (χ0) is 13.2. The molecule has 0 amide bonds. The van der Waals surface area contributed by atoms with Gasteiger partial charge in [0.2, 0.25) is 5.95 Å². The van der Waals surface area contributed by atoms with Crippen LogP contribution in [0.2, 0.25) is 0 Å². The number of anilines is 2. The van der Waals surface area contributed by atoms with Gasteiger partial charge < -0.3 is 15.5 Å². The highest BCUT2D eigenvalue weighted by Gasteiger charge is 2.34. The van der Waals surface area contributed by atoms with Gasteiger partial charge >= 0.3 is 0 Å². The Labute approximate surface area is 114 Å². The highest BCUT2D eigenvalue weighted by molar-refractivity contribution is 5.43. The van der Waals surface area contributed by atoms with E-state index in [1.54, 1.807) is 0 Å². The summed E-state index contributed by atoms with van der Waals surface area (Å²) in [5.74, 6) is 2.50. The Balaban J connectivity index is 1.72. The lowest BCUT2D eigenvalue weighted by Gasteiger charge is -2.45. The predicted octanol–water partition coefficient (Wildman–Crippen LogP) is 1.72. The summed E-state index contributed by atoms with van der Waals surface area (Å²) in [5, 5.41) is 6.81. The van der Waals surface area contributed by atoms with Crippen molar-refractivity contribution in [3.63, 3.8) is 0 Å².